The van der Waals surface area contributed by atoms with Gasteiger partial charge in [-0.2, -0.15) is 5.10 Å². The summed E-state index contributed by atoms with van der Waals surface area (Å²) in [5, 5.41) is 7.93. The van der Waals surface area contributed by atoms with Crippen LogP contribution in [0.5, 0.6) is 0 Å². The maximum atomic E-state index is 12.5. The summed E-state index contributed by atoms with van der Waals surface area (Å²) in [6, 6.07) is 10.6. The van der Waals surface area contributed by atoms with Crippen molar-refractivity contribution >= 4 is 5.91 Å². The summed E-state index contributed by atoms with van der Waals surface area (Å²) in [5.74, 6) is 0.981. The minimum Gasteiger partial charge on any atom is -0.349 e. The Morgan fingerprint density at radius 1 is 1.07 bits per heavy atom. The Labute approximate surface area is 162 Å². The van der Waals surface area contributed by atoms with Crippen molar-refractivity contribution in [2.45, 2.75) is 76.8 Å². The number of hydrogen-bond acceptors (Lipinski definition) is 2. The molecule has 1 atom stereocenters. The van der Waals surface area contributed by atoms with Crippen molar-refractivity contribution < 1.29 is 4.79 Å². The van der Waals surface area contributed by atoms with Gasteiger partial charge in [0.05, 0.1) is 18.8 Å². The Bertz CT molecular complexity index is 746. The molecule has 0 aliphatic heterocycles. The van der Waals surface area contributed by atoms with Gasteiger partial charge in [-0.3, -0.25) is 9.48 Å². The zero-order valence-corrected chi connectivity index (χ0v) is 16.2. The fourth-order valence-corrected chi connectivity index (χ4v) is 4.74. The molecule has 1 aromatic heterocycles. The van der Waals surface area contributed by atoms with Crippen LogP contribution in [0.3, 0.4) is 0 Å². The van der Waals surface area contributed by atoms with E-state index in [1.807, 2.05) is 12.3 Å². The number of nitrogens with one attached hydrogen (secondary N) is 1. The van der Waals surface area contributed by atoms with Crippen molar-refractivity contribution in [1.29, 1.82) is 0 Å². The molecule has 2 aromatic rings. The van der Waals surface area contributed by atoms with Crippen molar-refractivity contribution in [3.63, 3.8) is 0 Å². The molecule has 1 aromatic carbocycles. The molecule has 2 aliphatic carbocycles. The third-order valence-corrected chi connectivity index (χ3v) is 6.28. The zero-order chi connectivity index (χ0) is 18.5. The predicted molar refractivity (Wildman–Crippen MR) is 107 cm³/mol. The Hall–Kier alpha value is -2.10. The van der Waals surface area contributed by atoms with E-state index < -0.39 is 0 Å². The summed E-state index contributed by atoms with van der Waals surface area (Å²) in [7, 11) is 0. The molecule has 4 nitrogen and oxygen atoms in total. The summed E-state index contributed by atoms with van der Waals surface area (Å²) in [6.07, 6.45) is 13.6. The maximum absolute atomic E-state index is 12.5. The Balaban J connectivity index is 1.36. The first-order valence-corrected chi connectivity index (χ1v) is 10.7. The molecule has 4 heteroatoms. The number of hydrogen-bond donors (Lipinski definition) is 1. The van der Waals surface area contributed by atoms with E-state index in [4.69, 9.17) is 0 Å². The molecule has 1 N–H and O–H groups in total. The molecule has 4 rings (SSSR count). The molecule has 0 spiro atoms. The number of benzene rings is 1. The van der Waals surface area contributed by atoms with Crippen LogP contribution in [0.1, 0.15) is 80.7 Å². The molecule has 1 saturated carbocycles. The van der Waals surface area contributed by atoms with Gasteiger partial charge in [-0.15, -0.1) is 0 Å². The van der Waals surface area contributed by atoms with E-state index in [1.165, 1.54) is 48.9 Å². The number of carbonyl (C=O) groups excluding carboxylic acids is 1. The first kappa shape index (κ1) is 18.3. The standard InChI is InChI=1S/C23H31N3O/c27-23(15-14-18-8-3-1-4-9-18)25-21-12-7-13-22-20(21)16-24-26(22)17-19-10-5-2-6-11-19/h2,5-6,10-11,16,18,21H,1,3-4,7-9,12-15,17H2,(H,25,27). The highest BCUT2D eigenvalue weighted by molar-refractivity contribution is 5.76. The van der Waals surface area contributed by atoms with Crippen molar-refractivity contribution in [3.05, 3.63) is 53.3 Å². The molecule has 0 bridgehead atoms. The number of rotatable bonds is 6. The van der Waals surface area contributed by atoms with Gasteiger partial charge < -0.3 is 5.32 Å². The SMILES string of the molecule is O=C(CCC1CCCCC1)NC1CCCc2c1cnn2Cc1ccccc1. The van der Waals surface area contributed by atoms with E-state index in [9.17, 15) is 4.79 Å². The van der Waals surface area contributed by atoms with E-state index in [-0.39, 0.29) is 11.9 Å². The van der Waals surface area contributed by atoms with Crippen molar-refractivity contribution in [2.75, 3.05) is 0 Å². The van der Waals surface area contributed by atoms with Gasteiger partial charge in [-0.25, -0.2) is 0 Å². The monoisotopic (exact) mass is 365 g/mol. The van der Waals surface area contributed by atoms with E-state index in [0.717, 1.165) is 38.1 Å². The highest BCUT2D eigenvalue weighted by Crippen LogP contribution is 2.31. The predicted octanol–water partition coefficient (Wildman–Crippen LogP) is 4.79. The van der Waals surface area contributed by atoms with Gasteiger partial charge in [0.2, 0.25) is 5.91 Å². The van der Waals surface area contributed by atoms with Gasteiger partial charge in [0.25, 0.3) is 0 Å². The number of aromatic nitrogens is 2. The van der Waals surface area contributed by atoms with Crippen LogP contribution in [0.15, 0.2) is 36.5 Å². The van der Waals surface area contributed by atoms with Gasteiger partial charge in [0.1, 0.15) is 0 Å². The van der Waals surface area contributed by atoms with Crippen molar-refractivity contribution in [3.8, 4) is 0 Å². The molecule has 1 unspecified atom stereocenters. The molecule has 27 heavy (non-hydrogen) atoms. The molecule has 1 heterocycles. The molecule has 1 fully saturated rings. The van der Waals surface area contributed by atoms with Crippen LogP contribution in [0.25, 0.3) is 0 Å². The van der Waals surface area contributed by atoms with Crippen LogP contribution in [0.4, 0.5) is 0 Å². The van der Waals surface area contributed by atoms with Crippen LogP contribution in [-0.4, -0.2) is 15.7 Å². The summed E-state index contributed by atoms with van der Waals surface area (Å²) in [6.45, 7) is 0.804. The highest BCUT2D eigenvalue weighted by Gasteiger charge is 2.26. The number of carbonyl (C=O) groups is 1. The highest BCUT2D eigenvalue weighted by atomic mass is 16.1. The second-order valence-corrected chi connectivity index (χ2v) is 8.24. The van der Waals surface area contributed by atoms with Crippen molar-refractivity contribution in [2.24, 2.45) is 5.92 Å². The lowest BCUT2D eigenvalue weighted by molar-refractivity contribution is -0.122. The smallest absolute Gasteiger partial charge is 0.220 e. The summed E-state index contributed by atoms with van der Waals surface area (Å²) in [4.78, 5) is 12.5. The van der Waals surface area contributed by atoms with E-state index in [1.54, 1.807) is 0 Å². The van der Waals surface area contributed by atoms with Crippen LogP contribution < -0.4 is 5.32 Å². The minimum atomic E-state index is 0.136. The minimum absolute atomic E-state index is 0.136. The van der Waals surface area contributed by atoms with Gasteiger partial charge >= 0.3 is 0 Å². The van der Waals surface area contributed by atoms with Crippen LogP contribution in [0, 0.1) is 5.92 Å². The lowest BCUT2D eigenvalue weighted by Crippen LogP contribution is -2.31. The lowest BCUT2D eigenvalue weighted by Gasteiger charge is -2.25. The third kappa shape index (κ3) is 4.60. The fraction of sp³-hybridized carbons (Fsp3) is 0.565. The van der Waals surface area contributed by atoms with Crippen LogP contribution in [-0.2, 0) is 17.8 Å². The van der Waals surface area contributed by atoms with E-state index in [2.05, 4.69) is 39.4 Å². The Morgan fingerprint density at radius 3 is 2.70 bits per heavy atom. The first-order valence-electron chi connectivity index (χ1n) is 10.7. The van der Waals surface area contributed by atoms with Gasteiger partial charge in [0.15, 0.2) is 0 Å². The van der Waals surface area contributed by atoms with Crippen LogP contribution in [0.2, 0.25) is 0 Å². The van der Waals surface area contributed by atoms with Crippen LogP contribution >= 0.6 is 0 Å². The molecule has 144 valence electrons. The van der Waals surface area contributed by atoms with E-state index >= 15 is 0 Å². The number of fused-ring (bicyclic) bond motifs is 1. The Morgan fingerprint density at radius 2 is 1.89 bits per heavy atom. The molecule has 0 saturated heterocycles. The van der Waals surface area contributed by atoms with Crippen molar-refractivity contribution in [1.82, 2.24) is 15.1 Å². The molecular weight excluding hydrogens is 334 g/mol. The molecule has 0 radical (unpaired) electrons. The van der Waals surface area contributed by atoms with Gasteiger partial charge in [-0.1, -0.05) is 62.4 Å². The summed E-state index contributed by atoms with van der Waals surface area (Å²) >= 11 is 0. The number of amides is 1. The second kappa shape index (κ2) is 8.73. The fourth-order valence-electron chi connectivity index (χ4n) is 4.74. The normalized spacial score (nSPS) is 20.2. The maximum Gasteiger partial charge on any atom is 0.220 e. The first-order chi connectivity index (χ1) is 13.3. The summed E-state index contributed by atoms with van der Waals surface area (Å²) < 4.78 is 2.12. The number of nitrogens with zero attached hydrogens (tertiary/aromatic N) is 2. The quantitative estimate of drug-likeness (QED) is 0.800. The Kier molecular flexibility index (Phi) is 5.90. The lowest BCUT2D eigenvalue weighted by atomic mass is 9.86. The molecule has 1 amide bonds. The summed E-state index contributed by atoms with van der Waals surface area (Å²) in [5.41, 5.74) is 3.79. The topological polar surface area (TPSA) is 46.9 Å². The average molecular weight is 366 g/mol. The molecule has 2 aliphatic rings. The van der Waals surface area contributed by atoms with E-state index in [0.29, 0.717) is 6.42 Å². The largest absolute Gasteiger partial charge is 0.349 e. The van der Waals surface area contributed by atoms with Gasteiger partial charge in [-0.05, 0) is 37.2 Å². The van der Waals surface area contributed by atoms with Gasteiger partial charge in [0, 0.05) is 17.7 Å². The second-order valence-electron chi connectivity index (χ2n) is 8.24. The molecular formula is C23H31N3O. The zero-order valence-electron chi connectivity index (χ0n) is 16.2. The average Bonchev–Trinajstić information content (AvgIpc) is 3.12. The third-order valence-electron chi connectivity index (χ3n) is 6.28.